The molecule has 0 spiro atoms. The Morgan fingerprint density at radius 1 is 0.952 bits per heavy atom. The van der Waals surface area contributed by atoms with Crippen LogP contribution in [0.1, 0.15) is 11.1 Å². The summed E-state index contributed by atoms with van der Waals surface area (Å²) < 4.78 is 38.9. The van der Waals surface area contributed by atoms with Gasteiger partial charge in [0.15, 0.2) is 5.43 Å². The number of aryl methyl sites for hydroxylation is 1. The molecule has 2 aromatic rings. The fraction of sp³-hybridized carbons (Fsp3) is 0.133. The zero-order valence-electron chi connectivity index (χ0n) is 11.6. The molecule has 0 N–H and O–H groups in total. The third-order valence-electron chi connectivity index (χ3n) is 2.75. The Morgan fingerprint density at radius 2 is 1.62 bits per heavy atom. The SMILES string of the molecule is Cc1cccc(C(F)(F)F)c1[N-]c1cccccc1=O.[Na+]. The molecule has 104 valence electrons. The van der Waals surface area contributed by atoms with Crippen molar-refractivity contribution in [3.8, 4) is 0 Å². The van der Waals surface area contributed by atoms with Crippen molar-refractivity contribution in [3.63, 3.8) is 0 Å². The van der Waals surface area contributed by atoms with E-state index < -0.39 is 17.2 Å². The zero-order chi connectivity index (χ0) is 14.8. The number of para-hydroxylation sites is 1. The topological polar surface area (TPSA) is 31.2 Å². The van der Waals surface area contributed by atoms with Gasteiger partial charge in [0.25, 0.3) is 0 Å². The summed E-state index contributed by atoms with van der Waals surface area (Å²) in [5.74, 6) is 0. The van der Waals surface area contributed by atoms with Crippen LogP contribution in [0.4, 0.5) is 24.5 Å². The molecule has 0 amide bonds. The van der Waals surface area contributed by atoms with Gasteiger partial charge in [-0.05, 0) is 13.0 Å². The van der Waals surface area contributed by atoms with Crippen LogP contribution < -0.4 is 35.0 Å². The maximum absolute atomic E-state index is 13.0. The molecule has 0 saturated heterocycles. The molecule has 2 aromatic carbocycles. The first-order valence-corrected chi connectivity index (χ1v) is 5.87. The van der Waals surface area contributed by atoms with Crippen molar-refractivity contribution >= 4 is 11.4 Å². The maximum atomic E-state index is 13.0. The second kappa shape index (κ2) is 7.11. The molecule has 6 heteroatoms. The summed E-state index contributed by atoms with van der Waals surface area (Å²) in [6, 6.07) is 11.2. The summed E-state index contributed by atoms with van der Waals surface area (Å²) in [4.78, 5) is 11.7. The predicted octanol–water partition coefficient (Wildman–Crippen LogP) is 1.71. The molecule has 21 heavy (non-hydrogen) atoms. The Balaban J connectivity index is 0.00000220. The average Bonchev–Trinajstić information content (AvgIpc) is 2.56. The van der Waals surface area contributed by atoms with Gasteiger partial charge in [-0.25, -0.2) is 0 Å². The second-order valence-electron chi connectivity index (χ2n) is 4.24. The third kappa shape index (κ3) is 4.33. The van der Waals surface area contributed by atoms with E-state index in [2.05, 4.69) is 5.32 Å². The first-order valence-electron chi connectivity index (χ1n) is 5.87. The van der Waals surface area contributed by atoms with E-state index in [0.29, 0.717) is 5.56 Å². The van der Waals surface area contributed by atoms with Crippen LogP contribution in [-0.4, -0.2) is 0 Å². The van der Waals surface area contributed by atoms with Gasteiger partial charge in [0.1, 0.15) is 0 Å². The van der Waals surface area contributed by atoms with Gasteiger partial charge in [-0.3, -0.25) is 4.79 Å². The maximum Gasteiger partial charge on any atom is 1.00 e. The van der Waals surface area contributed by atoms with Gasteiger partial charge in [-0.15, -0.1) is 5.69 Å². The van der Waals surface area contributed by atoms with Crippen LogP contribution in [0.3, 0.4) is 0 Å². The Labute approximate surface area is 142 Å². The Bertz CT molecular complexity index is 686. The number of benzene rings is 1. The van der Waals surface area contributed by atoms with Crippen LogP contribution in [0, 0.1) is 6.92 Å². The molecule has 0 heterocycles. The molecule has 0 unspecified atom stereocenters. The van der Waals surface area contributed by atoms with Gasteiger partial charge in [0.05, 0.1) is 0 Å². The van der Waals surface area contributed by atoms with E-state index in [1.54, 1.807) is 12.1 Å². The van der Waals surface area contributed by atoms with Gasteiger partial charge in [0.2, 0.25) is 0 Å². The summed E-state index contributed by atoms with van der Waals surface area (Å²) in [6.45, 7) is 1.53. The molecule has 0 saturated carbocycles. The smallest absolute Gasteiger partial charge is 0.654 e. The molecule has 0 aliphatic rings. The summed E-state index contributed by atoms with van der Waals surface area (Å²) >= 11 is 0. The van der Waals surface area contributed by atoms with E-state index in [-0.39, 0.29) is 40.9 Å². The van der Waals surface area contributed by atoms with Crippen molar-refractivity contribution in [1.29, 1.82) is 0 Å². The normalized spacial score (nSPS) is 10.7. The van der Waals surface area contributed by atoms with Crippen LogP contribution >= 0.6 is 0 Å². The van der Waals surface area contributed by atoms with Gasteiger partial charge in [0, 0.05) is 5.56 Å². The number of rotatable bonds is 2. The van der Waals surface area contributed by atoms with Crippen LogP contribution in [0.25, 0.3) is 5.32 Å². The number of halogens is 3. The molecule has 0 aromatic heterocycles. The van der Waals surface area contributed by atoms with E-state index in [1.165, 1.54) is 37.3 Å². The number of hydrogen-bond acceptors (Lipinski definition) is 1. The van der Waals surface area contributed by atoms with Crippen molar-refractivity contribution in [2.45, 2.75) is 13.1 Å². The van der Waals surface area contributed by atoms with E-state index in [0.717, 1.165) is 6.07 Å². The second-order valence-corrected chi connectivity index (χ2v) is 4.24. The van der Waals surface area contributed by atoms with Crippen LogP contribution in [0.2, 0.25) is 0 Å². The molecule has 0 aliphatic heterocycles. The molecule has 2 rings (SSSR count). The molecular formula is C15H11F3NNaO. The minimum atomic E-state index is -4.51. The van der Waals surface area contributed by atoms with E-state index in [9.17, 15) is 18.0 Å². The molecule has 0 radical (unpaired) electrons. The minimum absolute atomic E-state index is 0. The van der Waals surface area contributed by atoms with E-state index >= 15 is 0 Å². The Kier molecular flexibility index (Phi) is 6.01. The van der Waals surface area contributed by atoms with Crippen molar-refractivity contribution in [1.82, 2.24) is 0 Å². The molecular weight excluding hydrogens is 290 g/mol. The van der Waals surface area contributed by atoms with Crippen LogP contribution in [0.15, 0.2) is 53.3 Å². The first kappa shape index (κ1) is 17.8. The standard InChI is InChI=1S/C15H12F3NO.Na/c1-10-6-5-7-11(15(16,17)18)14(10)19-12-8-3-2-4-9-13(12)20;/h2-9H,1H3,(H,19,20);/q;+1/p-1. The molecule has 0 aliphatic carbocycles. The van der Waals surface area contributed by atoms with Gasteiger partial charge >= 0.3 is 35.7 Å². The predicted molar refractivity (Wildman–Crippen MR) is 71.6 cm³/mol. The fourth-order valence-electron chi connectivity index (χ4n) is 1.77. The Hall–Kier alpha value is -1.30. The van der Waals surface area contributed by atoms with Crippen molar-refractivity contribution in [2.24, 2.45) is 0 Å². The third-order valence-corrected chi connectivity index (χ3v) is 2.75. The number of hydrogen-bond donors (Lipinski definition) is 0. The van der Waals surface area contributed by atoms with Crippen molar-refractivity contribution < 1.29 is 42.7 Å². The minimum Gasteiger partial charge on any atom is -0.654 e. The summed E-state index contributed by atoms with van der Waals surface area (Å²) in [5, 5.41) is 3.91. The van der Waals surface area contributed by atoms with Gasteiger partial charge in [-0.1, -0.05) is 53.7 Å². The number of alkyl halides is 3. The average molecular weight is 301 g/mol. The largest absolute Gasteiger partial charge is 1.00 e. The molecule has 0 atom stereocenters. The van der Waals surface area contributed by atoms with E-state index in [1.807, 2.05) is 0 Å². The van der Waals surface area contributed by atoms with Crippen molar-refractivity contribution in [2.75, 3.05) is 0 Å². The van der Waals surface area contributed by atoms with Gasteiger partial charge < -0.3 is 5.32 Å². The quantitative estimate of drug-likeness (QED) is 0.777. The Morgan fingerprint density at radius 3 is 2.29 bits per heavy atom. The zero-order valence-corrected chi connectivity index (χ0v) is 13.6. The summed E-state index contributed by atoms with van der Waals surface area (Å²) in [5.41, 5.74) is -1.14. The molecule has 2 nitrogen and oxygen atoms in total. The summed E-state index contributed by atoms with van der Waals surface area (Å²) in [6.07, 6.45) is -4.51. The number of nitrogens with zero attached hydrogens (tertiary/aromatic N) is 1. The summed E-state index contributed by atoms with van der Waals surface area (Å²) in [7, 11) is 0. The van der Waals surface area contributed by atoms with Crippen LogP contribution in [-0.2, 0) is 6.18 Å². The van der Waals surface area contributed by atoms with Crippen LogP contribution in [0.5, 0.6) is 0 Å². The first-order chi connectivity index (χ1) is 9.39. The molecule has 0 fully saturated rings. The molecule has 0 bridgehead atoms. The van der Waals surface area contributed by atoms with Crippen molar-refractivity contribution in [3.05, 3.63) is 75.2 Å². The fourth-order valence-corrected chi connectivity index (χ4v) is 1.77. The van der Waals surface area contributed by atoms with Gasteiger partial charge in [-0.2, -0.15) is 13.2 Å². The van der Waals surface area contributed by atoms with E-state index in [4.69, 9.17) is 0 Å². The monoisotopic (exact) mass is 301 g/mol.